The van der Waals surface area contributed by atoms with Gasteiger partial charge in [0.15, 0.2) is 0 Å². The molecule has 0 aromatic carbocycles. The fourth-order valence-corrected chi connectivity index (χ4v) is 3.91. The number of hydrogen-bond donors (Lipinski definition) is 2. The molecule has 0 bridgehead atoms. The first-order valence-electron chi connectivity index (χ1n) is 5.86. The minimum absolute atomic E-state index is 0.0916. The van der Waals surface area contributed by atoms with E-state index in [2.05, 4.69) is 17.1 Å². The number of hydrogen-bond acceptors (Lipinski definition) is 3. The van der Waals surface area contributed by atoms with Crippen LogP contribution in [0.2, 0.25) is 0 Å². The maximum atomic E-state index is 9.64. The summed E-state index contributed by atoms with van der Waals surface area (Å²) in [6, 6.07) is 0. The fraction of sp³-hybridized carbons (Fsp3) is 1.00. The summed E-state index contributed by atoms with van der Waals surface area (Å²) in [5.74, 6) is 1.65. The van der Waals surface area contributed by atoms with Crippen molar-refractivity contribution in [2.75, 3.05) is 18.8 Å². The third-order valence-electron chi connectivity index (χ3n) is 3.40. The molecule has 0 amide bonds. The largest absolute Gasteiger partial charge is 0.391 e. The molecule has 1 aliphatic carbocycles. The molecule has 3 heteroatoms. The molecule has 2 rings (SSSR count). The van der Waals surface area contributed by atoms with Crippen LogP contribution < -0.4 is 5.32 Å². The van der Waals surface area contributed by atoms with E-state index in [0.29, 0.717) is 5.92 Å². The van der Waals surface area contributed by atoms with Crippen molar-refractivity contribution in [1.82, 2.24) is 5.32 Å². The van der Waals surface area contributed by atoms with E-state index in [9.17, 15) is 5.11 Å². The number of rotatable bonds is 3. The Morgan fingerprint density at radius 1 is 1.14 bits per heavy atom. The molecule has 1 aliphatic heterocycles. The van der Waals surface area contributed by atoms with Gasteiger partial charge in [0.05, 0.1) is 6.10 Å². The van der Waals surface area contributed by atoms with Crippen LogP contribution in [0.5, 0.6) is 0 Å². The molecule has 0 aromatic heterocycles. The van der Waals surface area contributed by atoms with Crippen LogP contribution in [0.4, 0.5) is 0 Å². The van der Waals surface area contributed by atoms with Gasteiger partial charge in [0.1, 0.15) is 0 Å². The van der Waals surface area contributed by atoms with Gasteiger partial charge in [-0.15, -0.1) is 0 Å². The zero-order valence-corrected chi connectivity index (χ0v) is 9.56. The highest BCUT2D eigenvalue weighted by molar-refractivity contribution is 7.99. The second-order valence-corrected chi connectivity index (χ2v) is 5.91. The summed E-state index contributed by atoms with van der Waals surface area (Å²) in [5, 5.41) is 13.8. The minimum Gasteiger partial charge on any atom is -0.391 e. The number of β-amino-alcohol motifs (C(OH)–C–C–N with tert-alkyl or cyclic N) is 1. The quantitative estimate of drug-likeness (QED) is 0.750. The first-order chi connectivity index (χ1) is 6.86. The summed E-state index contributed by atoms with van der Waals surface area (Å²) in [7, 11) is 0. The standard InChI is InChI=1S/C11H21NOS/c13-11-7-12-6-9(11)8-14-10-4-2-1-3-5-10/h9-13H,1-8H2/t9-,11+/m1/s1. The normalized spacial score (nSPS) is 34.9. The first-order valence-corrected chi connectivity index (χ1v) is 6.91. The van der Waals surface area contributed by atoms with Crippen LogP contribution in [-0.4, -0.2) is 35.3 Å². The number of aliphatic hydroxyl groups is 1. The van der Waals surface area contributed by atoms with Gasteiger partial charge in [0, 0.05) is 30.0 Å². The molecule has 14 heavy (non-hydrogen) atoms. The Bertz CT molecular complexity index is 171. The van der Waals surface area contributed by atoms with Crippen LogP contribution in [0.3, 0.4) is 0 Å². The van der Waals surface area contributed by atoms with E-state index in [1.54, 1.807) is 0 Å². The van der Waals surface area contributed by atoms with Crippen molar-refractivity contribution >= 4 is 11.8 Å². The zero-order valence-electron chi connectivity index (χ0n) is 8.74. The van der Waals surface area contributed by atoms with Gasteiger partial charge in [0.25, 0.3) is 0 Å². The van der Waals surface area contributed by atoms with Crippen molar-refractivity contribution in [3.05, 3.63) is 0 Å². The van der Waals surface area contributed by atoms with Crippen molar-refractivity contribution in [2.45, 2.75) is 43.5 Å². The Labute approximate surface area is 90.8 Å². The van der Waals surface area contributed by atoms with E-state index < -0.39 is 0 Å². The lowest BCUT2D eigenvalue weighted by Gasteiger charge is -2.23. The van der Waals surface area contributed by atoms with E-state index in [0.717, 1.165) is 24.1 Å². The maximum absolute atomic E-state index is 9.64. The summed E-state index contributed by atoms with van der Waals surface area (Å²) in [6.45, 7) is 1.82. The summed E-state index contributed by atoms with van der Waals surface area (Å²) >= 11 is 2.10. The van der Waals surface area contributed by atoms with Gasteiger partial charge in [0.2, 0.25) is 0 Å². The summed E-state index contributed by atoms with van der Waals surface area (Å²) in [4.78, 5) is 0. The van der Waals surface area contributed by atoms with E-state index in [-0.39, 0.29) is 6.10 Å². The van der Waals surface area contributed by atoms with Gasteiger partial charge in [-0.3, -0.25) is 0 Å². The van der Waals surface area contributed by atoms with Crippen LogP contribution >= 0.6 is 11.8 Å². The van der Waals surface area contributed by atoms with Gasteiger partial charge >= 0.3 is 0 Å². The molecular weight excluding hydrogens is 194 g/mol. The molecular formula is C11H21NOS. The van der Waals surface area contributed by atoms with Crippen LogP contribution in [0.1, 0.15) is 32.1 Å². The Balaban J connectivity index is 1.65. The SMILES string of the molecule is O[C@H]1CNC[C@@H]1CSC1CCCCC1. The number of nitrogens with one attached hydrogen (secondary N) is 1. The number of aliphatic hydroxyl groups excluding tert-OH is 1. The number of thioether (sulfide) groups is 1. The van der Waals surface area contributed by atoms with Gasteiger partial charge in [-0.25, -0.2) is 0 Å². The smallest absolute Gasteiger partial charge is 0.0712 e. The molecule has 0 aromatic rings. The first kappa shape index (κ1) is 10.8. The molecule has 2 nitrogen and oxygen atoms in total. The van der Waals surface area contributed by atoms with Crippen molar-refractivity contribution in [1.29, 1.82) is 0 Å². The Morgan fingerprint density at radius 3 is 2.57 bits per heavy atom. The molecule has 2 fully saturated rings. The molecule has 1 saturated heterocycles. The van der Waals surface area contributed by atoms with E-state index in [1.807, 2.05) is 0 Å². The summed E-state index contributed by atoms with van der Waals surface area (Å²) < 4.78 is 0. The molecule has 0 spiro atoms. The zero-order chi connectivity index (χ0) is 9.80. The summed E-state index contributed by atoms with van der Waals surface area (Å²) in [5.41, 5.74) is 0. The minimum atomic E-state index is -0.0916. The summed E-state index contributed by atoms with van der Waals surface area (Å²) in [6.07, 6.45) is 6.99. The highest BCUT2D eigenvalue weighted by Gasteiger charge is 2.26. The van der Waals surface area contributed by atoms with Crippen LogP contribution in [-0.2, 0) is 0 Å². The van der Waals surface area contributed by atoms with Crippen LogP contribution in [0, 0.1) is 5.92 Å². The Hall–Kier alpha value is 0.270. The van der Waals surface area contributed by atoms with Crippen molar-refractivity contribution < 1.29 is 5.11 Å². The highest BCUT2D eigenvalue weighted by atomic mass is 32.2. The van der Waals surface area contributed by atoms with Gasteiger partial charge in [-0.05, 0) is 12.8 Å². The van der Waals surface area contributed by atoms with Crippen LogP contribution in [0.25, 0.3) is 0 Å². The highest BCUT2D eigenvalue weighted by Crippen LogP contribution is 2.30. The van der Waals surface area contributed by atoms with E-state index in [1.165, 1.54) is 32.1 Å². The molecule has 0 unspecified atom stereocenters. The van der Waals surface area contributed by atoms with E-state index >= 15 is 0 Å². The third kappa shape index (κ3) is 2.88. The predicted octanol–water partition coefficient (Wildman–Crippen LogP) is 1.63. The molecule has 0 radical (unpaired) electrons. The average Bonchev–Trinajstić information content (AvgIpc) is 2.63. The molecule has 1 heterocycles. The molecule has 82 valence electrons. The molecule has 2 atom stereocenters. The Morgan fingerprint density at radius 2 is 1.93 bits per heavy atom. The van der Waals surface area contributed by atoms with Gasteiger partial charge in [-0.2, -0.15) is 11.8 Å². The lowest BCUT2D eigenvalue weighted by Crippen LogP contribution is -2.21. The van der Waals surface area contributed by atoms with Crippen molar-refractivity contribution in [3.63, 3.8) is 0 Å². The fourth-order valence-electron chi connectivity index (χ4n) is 2.38. The average molecular weight is 215 g/mol. The van der Waals surface area contributed by atoms with Crippen molar-refractivity contribution in [3.8, 4) is 0 Å². The lowest BCUT2D eigenvalue weighted by atomic mass is 10.0. The second-order valence-electron chi connectivity index (χ2n) is 4.58. The predicted molar refractivity (Wildman–Crippen MR) is 61.7 cm³/mol. The third-order valence-corrected chi connectivity index (χ3v) is 4.97. The molecule has 2 aliphatic rings. The van der Waals surface area contributed by atoms with Gasteiger partial charge < -0.3 is 10.4 Å². The lowest BCUT2D eigenvalue weighted by molar-refractivity contribution is 0.158. The molecule has 1 saturated carbocycles. The van der Waals surface area contributed by atoms with Crippen molar-refractivity contribution in [2.24, 2.45) is 5.92 Å². The topological polar surface area (TPSA) is 32.3 Å². The maximum Gasteiger partial charge on any atom is 0.0712 e. The monoisotopic (exact) mass is 215 g/mol. The Kier molecular flexibility index (Phi) is 4.14. The van der Waals surface area contributed by atoms with Gasteiger partial charge in [-0.1, -0.05) is 19.3 Å². The van der Waals surface area contributed by atoms with Crippen LogP contribution in [0.15, 0.2) is 0 Å². The van der Waals surface area contributed by atoms with E-state index in [4.69, 9.17) is 0 Å². The molecule has 2 N–H and O–H groups in total. The second kappa shape index (κ2) is 5.38.